The van der Waals surface area contributed by atoms with E-state index >= 15 is 0 Å². The van der Waals surface area contributed by atoms with E-state index in [2.05, 4.69) is 0 Å². The molecule has 1 unspecified atom stereocenters. The van der Waals surface area contributed by atoms with E-state index in [0.29, 0.717) is 11.3 Å². The maximum atomic E-state index is 14.0. The Labute approximate surface area is 107 Å². The van der Waals surface area contributed by atoms with Crippen molar-refractivity contribution in [3.8, 4) is 0 Å². The lowest BCUT2D eigenvalue weighted by molar-refractivity contribution is 0.447. The number of furan rings is 1. The van der Waals surface area contributed by atoms with Crippen molar-refractivity contribution < 1.29 is 8.81 Å². The summed E-state index contributed by atoms with van der Waals surface area (Å²) in [5.74, 6) is 1.21. The minimum atomic E-state index is -0.550. The van der Waals surface area contributed by atoms with E-state index in [0.717, 1.165) is 23.3 Å². The molecule has 2 N–H and O–H groups in total. The van der Waals surface area contributed by atoms with Gasteiger partial charge in [0.15, 0.2) is 0 Å². The molecule has 0 fully saturated rings. The van der Waals surface area contributed by atoms with Gasteiger partial charge in [0.1, 0.15) is 17.3 Å². The van der Waals surface area contributed by atoms with E-state index in [1.165, 1.54) is 6.07 Å². The van der Waals surface area contributed by atoms with Crippen molar-refractivity contribution >= 4 is 0 Å². The van der Waals surface area contributed by atoms with Crippen LogP contribution in [0.3, 0.4) is 0 Å². The molecule has 0 aliphatic heterocycles. The number of halogens is 1. The van der Waals surface area contributed by atoms with Crippen LogP contribution in [0.25, 0.3) is 0 Å². The summed E-state index contributed by atoms with van der Waals surface area (Å²) in [6.45, 7) is 5.74. The summed E-state index contributed by atoms with van der Waals surface area (Å²) in [6.07, 6.45) is 0.808. The minimum Gasteiger partial charge on any atom is -0.464 e. The number of aryl methyl sites for hydroxylation is 3. The molecule has 0 amide bonds. The molecule has 0 saturated heterocycles. The van der Waals surface area contributed by atoms with Gasteiger partial charge in [-0.05, 0) is 43.2 Å². The molecule has 2 nitrogen and oxygen atoms in total. The van der Waals surface area contributed by atoms with Crippen molar-refractivity contribution in [3.63, 3.8) is 0 Å². The van der Waals surface area contributed by atoms with Gasteiger partial charge in [-0.3, -0.25) is 0 Å². The third-order valence-electron chi connectivity index (χ3n) is 3.13. The number of rotatable bonds is 3. The summed E-state index contributed by atoms with van der Waals surface area (Å²) < 4.78 is 19.6. The second-order valence-electron chi connectivity index (χ2n) is 4.61. The Hall–Kier alpha value is -1.61. The van der Waals surface area contributed by atoms with E-state index in [9.17, 15) is 4.39 Å². The van der Waals surface area contributed by atoms with Gasteiger partial charge in [0.25, 0.3) is 0 Å². The quantitative estimate of drug-likeness (QED) is 0.899. The monoisotopic (exact) mass is 247 g/mol. The van der Waals surface area contributed by atoms with Crippen molar-refractivity contribution in [1.82, 2.24) is 0 Å². The second-order valence-corrected chi connectivity index (χ2v) is 4.61. The zero-order valence-corrected chi connectivity index (χ0v) is 11.0. The maximum Gasteiger partial charge on any atom is 0.128 e. The summed E-state index contributed by atoms with van der Waals surface area (Å²) in [7, 11) is 0. The fraction of sp³-hybridized carbons (Fsp3) is 0.333. The molecule has 0 bridgehead atoms. The van der Waals surface area contributed by atoms with Gasteiger partial charge in [-0.1, -0.05) is 13.0 Å². The molecule has 2 aromatic rings. The molecule has 2 rings (SSSR count). The van der Waals surface area contributed by atoms with Gasteiger partial charge in [0.2, 0.25) is 0 Å². The summed E-state index contributed by atoms with van der Waals surface area (Å²) >= 11 is 0. The van der Waals surface area contributed by atoms with Gasteiger partial charge in [-0.15, -0.1) is 0 Å². The fourth-order valence-electron chi connectivity index (χ4n) is 2.21. The highest BCUT2D eigenvalue weighted by Gasteiger charge is 2.19. The molecule has 1 heterocycles. The molecular formula is C15H18FNO. The van der Waals surface area contributed by atoms with Crippen molar-refractivity contribution in [3.05, 3.63) is 58.3 Å². The predicted octanol–water partition coefficient (Wildman–Crippen LogP) is 3.65. The lowest BCUT2D eigenvalue weighted by atomic mass is 9.97. The Morgan fingerprint density at radius 3 is 2.56 bits per heavy atom. The van der Waals surface area contributed by atoms with E-state index in [4.69, 9.17) is 10.2 Å². The zero-order chi connectivity index (χ0) is 13.3. The van der Waals surface area contributed by atoms with Gasteiger partial charge in [0.05, 0.1) is 6.04 Å². The highest BCUT2D eigenvalue weighted by Crippen LogP contribution is 2.27. The third-order valence-corrected chi connectivity index (χ3v) is 3.13. The van der Waals surface area contributed by atoms with Gasteiger partial charge in [-0.25, -0.2) is 4.39 Å². The van der Waals surface area contributed by atoms with Crippen molar-refractivity contribution in [2.75, 3.05) is 0 Å². The van der Waals surface area contributed by atoms with Crippen molar-refractivity contribution in [1.29, 1.82) is 0 Å². The van der Waals surface area contributed by atoms with Crippen molar-refractivity contribution in [2.45, 2.75) is 33.2 Å². The van der Waals surface area contributed by atoms with Crippen LogP contribution >= 0.6 is 0 Å². The van der Waals surface area contributed by atoms with Crippen LogP contribution in [0.5, 0.6) is 0 Å². The van der Waals surface area contributed by atoms with Gasteiger partial charge < -0.3 is 10.2 Å². The third kappa shape index (κ3) is 2.31. The first-order valence-electron chi connectivity index (χ1n) is 6.13. The highest BCUT2D eigenvalue weighted by atomic mass is 19.1. The standard InChI is InChI=1S/C15H18FNO/c1-4-11-5-6-13(18-11)15(17)14-10(3)7-9(2)8-12(14)16/h5-8,15H,4,17H2,1-3H3. The van der Waals surface area contributed by atoms with Crippen LogP contribution in [0, 0.1) is 19.7 Å². The average molecular weight is 247 g/mol. The largest absolute Gasteiger partial charge is 0.464 e. The molecule has 0 aliphatic carbocycles. The lowest BCUT2D eigenvalue weighted by Gasteiger charge is -2.14. The molecule has 1 aromatic heterocycles. The Bertz CT molecular complexity index is 536. The van der Waals surface area contributed by atoms with Crippen LogP contribution in [0.1, 0.15) is 41.2 Å². The second kappa shape index (κ2) is 4.94. The topological polar surface area (TPSA) is 39.2 Å². The van der Waals surface area contributed by atoms with E-state index in [1.54, 1.807) is 0 Å². The Morgan fingerprint density at radius 1 is 1.28 bits per heavy atom. The number of nitrogens with two attached hydrogens (primary N) is 1. The number of hydrogen-bond donors (Lipinski definition) is 1. The maximum absolute atomic E-state index is 14.0. The van der Waals surface area contributed by atoms with Crippen LogP contribution in [0.2, 0.25) is 0 Å². The molecule has 18 heavy (non-hydrogen) atoms. The summed E-state index contributed by atoms with van der Waals surface area (Å²) in [5.41, 5.74) is 8.37. The predicted molar refractivity (Wildman–Crippen MR) is 70.0 cm³/mol. The molecule has 0 aliphatic rings. The van der Waals surface area contributed by atoms with Gasteiger partial charge >= 0.3 is 0 Å². The lowest BCUT2D eigenvalue weighted by Crippen LogP contribution is -2.14. The molecule has 0 radical (unpaired) electrons. The zero-order valence-electron chi connectivity index (χ0n) is 11.0. The van der Waals surface area contributed by atoms with Gasteiger partial charge in [0, 0.05) is 12.0 Å². The molecule has 1 atom stereocenters. The average Bonchev–Trinajstić information content (AvgIpc) is 2.75. The van der Waals surface area contributed by atoms with E-state index < -0.39 is 6.04 Å². The first-order valence-corrected chi connectivity index (χ1v) is 6.13. The summed E-state index contributed by atoms with van der Waals surface area (Å²) in [5, 5.41) is 0. The van der Waals surface area contributed by atoms with Gasteiger partial charge in [-0.2, -0.15) is 0 Å². The Kier molecular flexibility index (Phi) is 3.53. The van der Waals surface area contributed by atoms with E-state index in [1.807, 2.05) is 39.0 Å². The fourth-order valence-corrected chi connectivity index (χ4v) is 2.21. The molecule has 96 valence electrons. The summed E-state index contributed by atoms with van der Waals surface area (Å²) in [6, 6.07) is 6.60. The van der Waals surface area contributed by atoms with Crippen molar-refractivity contribution in [2.24, 2.45) is 5.73 Å². The van der Waals surface area contributed by atoms with Crippen LogP contribution in [-0.2, 0) is 6.42 Å². The number of hydrogen-bond acceptors (Lipinski definition) is 2. The SMILES string of the molecule is CCc1ccc(C(N)c2c(C)cc(C)cc2F)o1. The highest BCUT2D eigenvalue weighted by molar-refractivity contribution is 5.37. The van der Waals surface area contributed by atoms with Crippen LogP contribution in [-0.4, -0.2) is 0 Å². The molecule has 1 aromatic carbocycles. The molecule has 0 spiro atoms. The van der Waals surface area contributed by atoms with Crippen LogP contribution in [0.4, 0.5) is 4.39 Å². The first-order chi connectivity index (χ1) is 8.52. The minimum absolute atomic E-state index is 0.269. The summed E-state index contributed by atoms with van der Waals surface area (Å²) in [4.78, 5) is 0. The van der Waals surface area contributed by atoms with Crippen LogP contribution < -0.4 is 5.73 Å². The smallest absolute Gasteiger partial charge is 0.128 e. The molecule has 0 saturated carbocycles. The van der Waals surface area contributed by atoms with Crippen LogP contribution in [0.15, 0.2) is 28.7 Å². The van der Waals surface area contributed by atoms with E-state index in [-0.39, 0.29) is 5.82 Å². The number of benzene rings is 1. The normalized spacial score (nSPS) is 12.7. The molecule has 3 heteroatoms. The Morgan fingerprint density at radius 2 is 2.00 bits per heavy atom. The first kappa shape index (κ1) is 12.8. The Balaban J connectivity index is 2.42. The molecular weight excluding hydrogens is 229 g/mol.